The molecule has 1 saturated heterocycles. The van der Waals surface area contributed by atoms with E-state index in [0.29, 0.717) is 30.4 Å². The fourth-order valence-electron chi connectivity index (χ4n) is 1.69. The molecule has 1 aromatic rings. The van der Waals surface area contributed by atoms with Gasteiger partial charge in [0.15, 0.2) is 5.60 Å². The van der Waals surface area contributed by atoms with Crippen LogP contribution in [0.4, 0.5) is 8.78 Å². The maximum atomic E-state index is 12.8. The number of alkyl halides is 2. The predicted molar refractivity (Wildman–Crippen MR) is 50.1 cm³/mol. The van der Waals surface area contributed by atoms with E-state index < -0.39 is 12.0 Å². The molecule has 1 atom stereocenters. The molecule has 4 heteroatoms. The maximum absolute atomic E-state index is 12.8. The van der Waals surface area contributed by atoms with E-state index >= 15 is 0 Å². The Balaban J connectivity index is 2.31. The zero-order chi connectivity index (χ0) is 10.9. The van der Waals surface area contributed by atoms with E-state index in [1.165, 1.54) is 24.3 Å². The summed E-state index contributed by atoms with van der Waals surface area (Å²) < 4.78 is 30.6. The lowest BCUT2D eigenvalue weighted by atomic mass is 9.86. The van der Waals surface area contributed by atoms with Crippen LogP contribution in [0.2, 0.25) is 0 Å². The minimum atomic E-state index is -2.53. The van der Waals surface area contributed by atoms with Crippen molar-refractivity contribution in [3.05, 3.63) is 35.4 Å². The summed E-state index contributed by atoms with van der Waals surface area (Å²) in [5, 5.41) is 0. The molecule has 0 N–H and O–H groups in total. The van der Waals surface area contributed by atoms with Crippen molar-refractivity contribution in [3.63, 3.8) is 0 Å². The summed E-state index contributed by atoms with van der Waals surface area (Å²) in [5.74, 6) is 0. The molecule has 1 fully saturated rings. The summed E-state index contributed by atoms with van der Waals surface area (Å²) >= 11 is 0. The fraction of sp³-hybridized carbons (Fsp3) is 0.364. The van der Waals surface area contributed by atoms with Gasteiger partial charge >= 0.3 is 0 Å². The Morgan fingerprint density at radius 3 is 2.27 bits per heavy atom. The summed E-state index contributed by atoms with van der Waals surface area (Å²) in [6.45, 7) is 0.361. The first kappa shape index (κ1) is 10.2. The van der Waals surface area contributed by atoms with E-state index in [2.05, 4.69) is 0 Å². The summed E-state index contributed by atoms with van der Waals surface area (Å²) in [6, 6.07) is 6.09. The van der Waals surface area contributed by atoms with Crippen LogP contribution in [0.3, 0.4) is 0 Å². The molecular weight excluding hydrogens is 202 g/mol. The monoisotopic (exact) mass is 212 g/mol. The Bertz CT molecular complexity index is 355. The van der Waals surface area contributed by atoms with Gasteiger partial charge in [-0.15, -0.1) is 0 Å². The van der Waals surface area contributed by atoms with Gasteiger partial charge in [0, 0.05) is 12.0 Å². The van der Waals surface area contributed by atoms with Gasteiger partial charge in [0.1, 0.15) is 6.29 Å². The topological polar surface area (TPSA) is 26.3 Å². The van der Waals surface area contributed by atoms with Crippen LogP contribution >= 0.6 is 0 Å². The molecule has 1 aliphatic heterocycles. The van der Waals surface area contributed by atoms with E-state index in [4.69, 9.17) is 4.74 Å². The molecule has 0 bridgehead atoms. The van der Waals surface area contributed by atoms with Gasteiger partial charge in [0.25, 0.3) is 6.43 Å². The minimum Gasteiger partial charge on any atom is -0.364 e. The van der Waals surface area contributed by atoms with Gasteiger partial charge in [0.05, 0.1) is 6.61 Å². The molecular formula is C11H10F2O2. The van der Waals surface area contributed by atoms with E-state index in [1.54, 1.807) is 0 Å². The number of carbonyl (C=O) groups is 1. The first-order chi connectivity index (χ1) is 7.19. The Hall–Kier alpha value is -1.29. The van der Waals surface area contributed by atoms with Gasteiger partial charge in [-0.3, -0.25) is 4.79 Å². The third-order valence-electron chi connectivity index (χ3n) is 2.72. The van der Waals surface area contributed by atoms with Gasteiger partial charge < -0.3 is 4.74 Å². The second-order valence-electron chi connectivity index (χ2n) is 3.53. The Morgan fingerprint density at radius 1 is 1.33 bits per heavy atom. The number of rotatable bonds is 3. The average Bonchev–Trinajstić information content (AvgIpc) is 2.16. The van der Waals surface area contributed by atoms with E-state index in [-0.39, 0.29) is 0 Å². The van der Waals surface area contributed by atoms with Crippen LogP contribution in [0, 0.1) is 0 Å². The lowest BCUT2D eigenvalue weighted by Gasteiger charge is -2.41. The first-order valence-electron chi connectivity index (χ1n) is 4.67. The van der Waals surface area contributed by atoms with Crippen LogP contribution in [0.5, 0.6) is 0 Å². The first-order valence-corrected chi connectivity index (χ1v) is 4.67. The minimum absolute atomic E-state index is 0.325. The SMILES string of the molecule is O=Cc1ccc(C2(C(F)F)CCO2)cc1. The number of carbonyl (C=O) groups excluding carboxylic acids is 1. The smallest absolute Gasteiger partial charge is 0.271 e. The molecule has 0 aromatic heterocycles. The van der Waals surface area contributed by atoms with Gasteiger partial charge in [-0.25, -0.2) is 8.78 Å². The molecule has 15 heavy (non-hydrogen) atoms. The Labute approximate surface area is 85.9 Å². The number of halogens is 2. The van der Waals surface area contributed by atoms with Crippen molar-refractivity contribution in [2.75, 3.05) is 6.61 Å². The molecule has 80 valence electrons. The molecule has 1 aliphatic rings. The molecule has 0 saturated carbocycles. The van der Waals surface area contributed by atoms with E-state index in [0.717, 1.165) is 0 Å². The third-order valence-corrected chi connectivity index (χ3v) is 2.72. The van der Waals surface area contributed by atoms with Crippen molar-refractivity contribution < 1.29 is 18.3 Å². The highest BCUT2D eigenvalue weighted by atomic mass is 19.3. The molecule has 1 unspecified atom stereocenters. The molecule has 0 radical (unpaired) electrons. The Morgan fingerprint density at radius 2 is 1.93 bits per heavy atom. The number of hydrogen-bond donors (Lipinski definition) is 0. The summed E-state index contributed by atoms with van der Waals surface area (Å²) in [7, 11) is 0. The molecule has 0 spiro atoms. The number of benzene rings is 1. The number of ether oxygens (including phenoxy) is 1. The van der Waals surface area contributed by atoms with Gasteiger partial charge in [-0.2, -0.15) is 0 Å². The zero-order valence-electron chi connectivity index (χ0n) is 7.95. The second-order valence-corrected chi connectivity index (χ2v) is 3.53. The largest absolute Gasteiger partial charge is 0.364 e. The quantitative estimate of drug-likeness (QED) is 0.719. The number of aldehydes is 1. The van der Waals surface area contributed by atoms with Crippen molar-refractivity contribution in [2.45, 2.75) is 18.4 Å². The van der Waals surface area contributed by atoms with Crippen molar-refractivity contribution in [2.24, 2.45) is 0 Å². The van der Waals surface area contributed by atoms with Crippen LogP contribution in [-0.2, 0) is 10.3 Å². The molecule has 1 heterocycles. The standard InChI is InChI=1S/C11H10F2O2/c12-10(13)11(5-6-15-11)9-3-1-8(7-14)2-4-9/h1-4,7,10H,5-6H2. The lowest BCUT2D eigenvalue weighted by Crippen LogP contribution is -2.47. The average molecular weight is 212 g/mol. The highest BCUT2D eigenvalue weighted by Gasteiger charge is 2.48. The Kier molecular flexibility index (Phi) is 2.52. The maximum Gasteiger partial charge on any atom is 0.271 e. The van der Waals surface area contributed by atoms with Crippen molar-refractivity contribution >= 4 is 6.29 Å². The van der Waals surface area contributed by atoms with E-state index in [9.17, 15) is 13.6 Å². The highest BCUT2D eigenvalue weighted by Crippen LogP contribution is 2.42. The summed E-state index contributed by atoms with van der Waals surface area (Å²) in [4.78, 5) is 10.4. The second kappa shape index (κ2) is 3.70. The van der Waals surface area contributed by atoms with Gasteiger partial charge in [-0.1, -0.05) is 24.3 Å². The van der Waals surface area contributed by atoms with Gasteiger partial charge in [0.2, 0.25) is 0 Å². The lowest BCUT2D eigenvalue weighted by molar-refractivity contribution is -0.225. The van der Waals surface area contributed by atoms with Crippen LogP contribution in [0.15, 0.2) is 24.3 Å². The van der Waals surface area contributed by atoms with Crippen LogP contribution in [-0.4, -0.2) is 19.3 Å². The van der Waals surface area contributed by atoms with Crippen LogP contribution < -0.4 is 0 Å². The van der Waals surface area contributed by atoms with Gasteiger partial charge in [-0.05, 0) is 5.56 Å². The molecule has 2 rings (SSSR count). The summed E-state index contributed by atoms with van der Waals surface area (Å²) in [6.07, 6.45) is -1.53. The fourth-order valence-corrected chi connectivity index (χ4v) is 1.69. The van der Waals surface area contributed by atoms with Crippen molar-refractivity contribution in [1.29, 1.82) is 0 Å². The van der Waals surface area contributed by atoms with E-state index in [1.807, 2.05) is 0 Å². The number of hydrogen-bond acceptors (Lipinski definition) is 2. The van der Waals surface area contributed by atoms with Crippen molar-refractivity contribution in [1.82, 2.24) is 0 Å². The molecule has 1 aromatic carbocycles. The third kappa shape index (κ3) is 1.55. The van der Waals surface area contributed by atoms with Crippen molar-refractivity contribution in [3.8, 4) is 0 Å². The summed E-state index contributed by atoms with van der Waals surface area (Å²) in [5.41, 5.74) is -0.529. The molecule has 0 aliphatic carbocycles. The molecule has 2 nitrogen and oxygen atoms in total. The normalized spacial score (nSPS) is 25.0. The predicted octanol–water partition coefficient (Wildman–Crippen LogP) is 2.38. The van der Waals surface area contributed by atoms with Crippen LogP contribution in [0.25, 0.3) is 0 Å². The van der Waals surface area contributed by atoms with Crippen LogP contribution in [0.1, 0.15) is 22.3 Å². The molecule has 0 amide bonds. The highest BCUT2D eigenvalue weighted by molar-refractivity contribution is 5.74. The zero-order valence-corrected chi connectivity index (χ0v) is 7.95.